The van der Waals surface area contributed by atoms with E-state index in [1.54, 1.807) is 19.1 Å². The Morgan fingerprint density at radius 1 is 1.40 bits per heavy atom. The highest BCUT2D eigenvalue weighted by atomic mass is 79.9. The Morgan fingerprint density at radius 3 is 2.47 bits per heavy atom. The fraction of sp³-hybridized carbons (Fsp3) is 0.200. The lowest BCUT2D eigenvalue weighted by atomic mass is 10.1. The van der Waals surface area contributed by atoms with E-state index in [0.29, 0.717) is 15.6 Å². The second-order valence-corrected chi connectivity index (χ2v) is 5.52. The lowest BCUT2D eigenvalue weighted by Crippen LogP contribution is -2.10. The minimum atomic E-state index is -0.584. The maximum Gasteiger partial charge on any atom is 0.253 e. The van der Waals surface area contributed by atoms with Gasteiger partial charge in [-0.2, -0.15) is 0 Å². The summed E-state index contributed by atoms with van der Waals surface area (Å²) in [5.41, 5.74) is 0.766. The minimum absolute atomic E-state index is 0.0818. The summed E-state index contributed by atoms with van der Waals surface area (Å²) in [6.07, 6.45) is 0. The number of benzene rings is 1. The van der Waals surface area contributed by atoms with Gasteiger partial charge in [0.15, 0.2) is 5.78 Å². The van der Waals surface area contributed by atoms with Gasteiger partial charge >= 0.3 is 0 Å². The van der Waals surface area contributed by atoms with E-state index in [1.165, 1.54) is 6.07 Å². The van der Waals surface area contributed by atoms with Gasteiger partial charge in [0.2, 0.25) is 0 Å². The molecule has 0 heterocycles. The van der Waals surface area contributed by atoms with Crippen LogP contribution >= 0.6 is 43.5 Å². The molecule has 0 aliphatic heterocycles. The molecule has 0 aromatic heterocycles. The monoisotopic (exact) mass is 352 g/mol. The van der Waals surface area contributed by atoms with Crippen molar-refractivity contribution in [2.45, 2.75) is 11.8 Å². The molecule has 0 saturated carbocycles. The van der Waals surface area contributed by atoms with Crippen molar-refractivity contribution < 1.29 is 9.59 Å². The van der Waals surface area contributed by atoms with Gasteiger partial charge in [0.25, 0.3) is 5.24 Å². The van der Waals surface area contributed by atoms with Crippen LogP contribution in [0.1, 0.15) is 27.6 Å². The third-order valence-corrected chi connectivity index (χ3v) is 3.13. The van der Waals surface area contributed by atoms with Gasteiger partial charge in [-0.15, -0.1) is 0 Å². The fourth-order valence-corrected chi connectivity index (χ4v) is 2.02. The topological polar surface area (TPSA) is 34.1 Å². The van der Waals surface area contributed by atoms with Crippen LogP contribution in [-0.4, -0.2) is 15.9 Å². The number of Topliss-reactive ketones (excluding diaryl/α,β-unsaturated/α-hetero) is 1. The van der Waals surface area contributed by atoms with Crippen LogP contribution in [0.3, 0.4) is 0 Å². The molecule has 2 nitrogen and oxygen atoms in total. The van der Waals surface area contributed by atoms with Crippen LogP contribution in [0.25, 0.3) is 0 Å². The van der Waals surface area contributed by atoms with Gasteiger partial charge in [-0.05, 0) is 46.6 Å². The van der Waals surface area contributed by atoms with E-state index in [0.717, 1.165) is 0 Å². The molecule has 1 aromatic rings. The molecule has 1 unspecified atom stereocenters. The molecule has 0 fully saturated rings. The van der Waals surface area contributed by atoms with E-state index >= 15 is 0 Å². The van der Waals surface area contributed by atoms with Gasteiger partial charge in [-0.1, -0.05) is 22.0 Å². The highest BCUT2D eigenvalue weighted by Gasteiger charge is 2.15. The summed E-state index contributed by atoms with van der Waals surface area (Å²) in [6.45, 7) is 1.73. The van der Waals surface area contributed by atoms with E-state index in [-0.39, 0.29) is 10.6 Å². The summed E-state index contributed by atoms with van der Waals surface area (Å²) in [5, 5.41) is -0.584. The van der Waals surface area contributed by atoms with Crippen molar-refractivity contribution in [1.82, 2.24) is 0 Å². The zero-order valence-electron chi connectivity index (χ0n) is 7.76. The highest BCUT2D eigenvalue weighted by molar-refractivity contribution is 9.10. The predicted molar refractivity (Wildman–Crippen MR) is 67.0 cm³/mol. The van der Waals surface area contributed by atoms with E-state index in [1.807, 2.05) is 0 Å². The Morgan fingerprint density at radius 2 is 2.00 bits per heavy atom. The second-order valence-electron chi connectivity index (χ2n) is 2.95. The largest absolute Gasteiger partial charge is 0.293 e. The number of halogens is 3. The van der Waals surface area contributed by atoms with Gasteiger partial charge in [0, 0.05) is 15.6 Å². The molecule has 1 atom stereocenters. The number of carbonyl (C=O) groups is 2. The number of alkyl halides is 1. The van der Waals surface area contributed by atoms with Crippen molar-refractivity contribution in [3.63, 3.8) is 0 Å². The summed E-state index contributed by atoms with van der Waals surface area (Å²) >= 11 is 11.7. The van der Waals surface area contributed by atoms with E-state index in [4.69, 9.17) is 11.6 Å². The molecule has 0 N–H and O–H groups in total. The molecule has 80 valence electrons. The Hall–Kier alpha value is -0.190. The molecule has 5 heteroatoms. The lowest BCUT2D eigenvalue weighted by Gasteiger charge is -2.05. The molecular formula is C10H7Br2ClO2. The average molecular weight is 354 g/mol. The third kappa shape index (κ3) is 3.13. The quantitative estimate of drug-likeness (QED) is 0.470. The Bertz CT molecular complexity index is 416. The number of hydrogen-bond acceptors (Lipinski definition) is 2. The number of hydrogen-bond donors (Lipinski definition) is 0. The Labute approximate surface area is 109 Å². The average Bonchev–Trinajstić information content (AvgIpc) is 2.16. The van der Waals surface area contributed by atoms with Gasteiger partial charge in [0.1, 0.15) is 0 Å². The van der Waals surface area contributed by atoms with Crippen molar-refractivity contribution in [2.24, 2.45) is 0 Å². The first kappa shape index (κ1) is 12.9. The summed E-state index contributed by atoms with van der Waals surface area (Å²) in [7, 11) is 0. The van der Waals surface area contributed by atoms with Crippen molar-refractivity contribution in [2.75, 3.05) is 0 Å². The predicted octanol–water partition coefficient (Wildman–Crippen LogP) is 3.79. The summed E-state index contributed by atoms with van der Waals surface area (Å²) < 4.78 is 0.585. The summed E-state index contributed by atoms with van der Waals surface area (Å²) in [4.78, 5) is 22.4. The Balaban J connectivity index is 3.19. The molecular weight excluding hydrogens is 347 g/mol. The maximum atomic E-state index is 11.6. The van der Waals surface area contributed by atoms with Gasteiger partial charge in [-0.25, -0.2) is 0 Å². The number of rotatable bonds is 3. The molecule has 1 aromatic carbocycles. The van der Waals surface area contributed by atoms with Crippen LogP contribution in [-0.2, 0) is 0 Å². The molecule has 0 aliphatic rings. The normalized spacial score (nSPS) is 12.3. The van der Waals surface area contributed by atoms with Gasteiger partial charge in [-0.3, -0.25) is 9.59 Å². The third-order valence-electron chi connectivity index (χ3n) is 1.82. The number of carbonyl (C=O) groups excluding carboxylic acids is 2. The fourth-order valence-electron chi connectivity index (χ4n) is 1.06. The number of ketones is 1. The first-order chi connectivity index (χ1) is 6.93. The highest BCUT2D eigenvalue weighted by Crippen LogP contribution is 2.21. The minimum Gasteiger partial charge on any atom is -0.293 e. The van der Waals surface area contributed by atoms with Crippen LogP contribution in [0.4, 0.5) is 0 Å². The van der Waals surface area contributed by atoms with Gasteiger partial charge in [0.05, 0.1) is 4.83 Å². The second kappa shape index (κ2) is 5.23. The van der Waals surface area contributed by atoms with Crippen LogP contribution < -0.4 is 0 Å². The van der Waals surface area contributed by atoms with Crippen LogP contribution in [0.15, 0.2) is 22.7 Å². The zero-order chi connectivity index (χ0) is 11.6. The van der Waals surface area contributed by atoms with E-state index in [2.05, 4.69) is 31.9 Å². The molecule has 0 spiro atoms. The first-order valence-electron chi connectivity index (χ1n) is 4.11. The van der Waals surface area contributed by atoms with Crippen molar-refractivity contribution in [1.29, 1.82) is 0 Å². The van der Waals surface area contributed by atoms with E-state index < -0.39 is 5.24 Å². The zero-order valence-corrected chi connectivity index (χ0v) is 11.7. The molecule has 0 saturated heterocycles. The van der Waals surface area contributed by atoms with Crippen molar-refractivity contribution >= 4 is 54.5 Å². The first-order valence-corrected chi connectivity index (χ1v) is 6.20. The molecule has 15 heavy (non-hydrogen) atoms. The van der Waals surface area contributed by atoms with Crippen LogP contribution in [0, 0.1) is 0 Å². The molecule has 1 rings (SSSR count). The summed E-state index contributed by atoms with van der Waals surface area (Å²) in [6, 6.07) is 4.77. The smallest absolute Gasteiger partial charge is 0.253 e. The van der Waals surface area contributed by atoms with E-state index in [9.17, 15) is 9.59 Å². The molecule has 0 aliphatic carbocycles. The van der Waals surface area contributed by atoms with Crippen molar-refractivity contribution in [3.8, 4) is 0 Å². The Kier molecular flexibility index (Phi) is 4.49. The van der Waals surface area contributed by atoms with Gasteiger partial charge < -0.3 is 0 Å². The SMILES string of the molecule is CC(Br)C(=O)c1ccc(Br)c(C(=O)Cl)c1. The van der Waals surface area contributed by atoms with Crippen LogP contribution in [0.5, 0.6) is 0 Å². The molecule has 0 bridgehead atoms. The molecule has 0 amide bonds. The lowest BCUT2D eigenvalue weighted by molar-refractivity contribution is 0.0996. The summed E-state index contributed by atoms with van der Waals surface area (Å²) in [5.74, 6) is -0.0818. The molecule has 0 radical (unpaired) electrons. The standard InChI is InChI=1S/C10H7Br2ClO2/c1-5(11)9(14)6-2-3-8(12)7(4-6)10(13)15/h2-5H,1H3. The van der Waals surface area contributed by atoms with Crippen molar-refractivity contribution in [3.05, 3.63) is 33.8 Å². The van der Waals surface area contributed by atoms with Crippen LogP contribution in [0.2, 0.25) is 0 Å². The maximum absolute atomic E-state index is 11.6.